The zero-order valence-corrected chi connectivity index (χ0v) is 18.8. The molecular weight excluding hydrogens is 402 g/mol. The van der Waals surface area contributed by atoms with E-state index in [-0.39, 0.29) is 22.9 Å². The molecule has 0 aliphatic heterocycles. The Hall–Kier alpha value is -3.86. The Bertz CT molecular complexity index is 1180. The molecule has 0 unspecified atom stereocenters. The Balaban J connectivity index is 2.10. The van der Waals surface area contributed by atoms with Crippen LogP contribution in [0, 0.1) is 13.8 Å². The molecule has 3 aromatic rings. The third-order valence-corrected chi connectivity index (χ3v) is 5.64. The van der Waals surface area contributed by atoms with Gasteiger partial charge in [-0.15, -0.1) is 0 Å². The molecule has 2 N–H and O–H groups in total. The van der Waals surface area contributed by atoms with E-state index < -0.39 is 5.91 Å². The third-order valence-electron chi connectivity index (χ3n) is 5.64. The third kappa shape index (κ3) is 4.28. The van der Waals surface area contributed by atoms with Crippen molar-refractivity contribution in [2.45, 2.75) is 34.6 Å². The van der Waals surface area contributed by atoms with E-state index in [2.05, 4.69) is 0 Å². The molecule has 0 aliphatic rings. The van der Waals surface area contributed by atoms with Gasteiger partial charge in [-0.1, -0.05) is 24.3 Å². The highest BCUT2D eigenvalue weighted by atomic mass is 16.1. The van der Waals surface area contributed by atoms with Crippen LogP contribution in [0.5, 0.6) is 0 Å². The number of Topliss-reactive ketones (excluding diaryl/α,β-unsaturated/α-hetero) is 3. The van der Waals surface area contributed by atoms with Crippen molar-refractivity contribution in [3.63, 3.8) is 0 Å². The molecule has 0 radical (unpaired) electrons. The molecule has 0 aromatic heterocycles. The number of amides is 1. The lowest BCUT2D eigenvalue weighted by Crippen LogP contribution is -2.16. The summed E-state index contributed by atoms with van der Waals surface area (Å²) in [5.41, 5.74) is 12.0. The minimum absolute atomic E-state index is 0.142. The van der Waals surface area contributed by atoms with Crippen LogP contribution in [0.15, 0.2) is 48.5 Å². The standard InChI is InChI=1S/C27H25NO4/c1-14-10-23(16(3)29)24(17(4)30)12-21(14)19-6-8-20(9-7-19)22-13-25(18(5)31)26(27(28)32)11-15(22)2/h6-13H,1-5H3,(H2,28,32). The number of primary amides is 1. The molecule has 3 aromatic carbocycles. The zero-order valence-electron chi connectivity index (χ0n) is 18.8. The number of nitrogens with two attached hydrogens (primary N) is 1. The average Bonchev–Trinajstić information content (AvgIpc) is 2.73. The summed E-state index contributed by atoms with van der Waals surface area (Å²) in [5.74, 6) is -1.16. The van der Waals surface area contributed by atoms with Crippen molar-refractivity contribution in [3.05, 3.63) is 81.9 Å². The fourth-order valence-corrected chi connectivity index (χ4v) is 3.94. The van der Waals surface area contributed by atoms with E-state index >= 15 is 0 Å². The molecular formula is C27H25NO4. The number of rotatable bonds is 6. The summed E-state index contributed by atoms with van der Waals surface area (Å²) in [5, 5.41) is 0. The summed E-state index contributed by atoms with van der Waals surface area (Å²) in [7, 11) is 0. The Morgan fingerprint density at radius 3 is 1.22 bits per heavy atom. The van der Waals surface area contributed by atoms with E-state index in [1.54, 1.807) is 24.3 Å². The molecule has 0 saturated carbocycles. The minimum Gasteiger partial charge on any atom is -0.366 e. The minimum atomic E-state index is -0.633. The maximum Gasteiger partial charge on any atom is 0.249 e. The molecule has 0 saturated heterocycles. The van der Waals surface area contributed by atoms with E-state index in [1.165, 1.54) is 20.8 Å². The van der Waals surface area contributed by atoms with Gasteiger partial charge in [-0.2, -0.15) is 0 Å². The van der Waals surface area contributed by atoms with Gasteiger partial charge in [-0.3, -0.25) is 19.2 Å². The number of aryl methyl sites for hydroxylation is 2. The number of benzene rings is 3. The highest BCUT2D eigenvalue weighted by Gasteiger charge is 2.17. The van der Waals surface area contributed by atoms with Crippen LogP contribution in [-0.4, -0.2) is 23.3 Å². The van der Waals surface area contributed by atoms with Crippen molar-refractivity contribution >= 4 is 23.3 Å². The Kier molecular flexibility index (Phi) is 6.21. The summed E-state index contributed by atoms with van der Waals surface area (Å²) in [4.78, 5) is 47.8. The number of carbonyl (C=O) groups is 4. The lowest BCUT2D eigenvalue weighted by atomic mass is 9.89. The fraction of sp³-hybridized carbons (Fsp3) is 0.185. The van der Waals surface area contributed by atoms with E-state index in [1.807, 2.05) is 38.1 Å². The number of hydrogen-bond donors (Lipinski definition) is 1. The molecule has 0 spiro atoms. The molecule has 162 valence electrons. The van der Waals surface area contributed by atoms with Gasteiger partial charge in [0.2, 0.25) is 5.91 Å². The molecule has 32 heavy (non-hydrogen) atoms. The van der Waals surface area contributed by atoms with Crippen molar-refractivity contribution < 1.29 is 19.2 Å². The second-order valence-corrected chi connectivity index (χ2v) is 8.04. The summed E-state index contributed by atoms with van der Waals surface area (Å²) >= 11 is 0. The smallest absolute Gasteiger partial charge is 0.249 e. The highest BCUT2D eigenvalue weighted by molar-refractivity contribution is 6.09. The largest absolute Gasteiger partial charge is 0.366 e. The van der Waals surface area contributed by atoms with Gasteiger partial charge < -0.3 is 5.73 Å². The van der Waals surface area contributed by atoms with Crippen molar-refractivity contribution in [1.29, 1.82) is 0 Å². The maximum absolute atomic E-state index is 12.1. The second-order valence-electron chi connectivity index (χ2n) is 8.04. The molecule has 0 atom stereocenters. The summed E-state index contributed by atoms with van der Waals surface area (Å²) in [6, 6.07) is 14.6. The van der Waals surface area contributed by atoms with Gasteiger partial charge in [0.25, 0.3) is 0 Å². The second kappa shape index (κ2) is 8.71. The Labute approximate surface area is 187 Å². The number of ketones is 3. The predicted molar refractivity (Wildman–Crippen MR) is 125 cm³/mol. The van der Waals surface area contributed by atoms with Crippen LogP contribution in [-0.2, 0) is 0 Å². The maximum atomic E-state index is 12.1. The summed E-state index contributed by atoms with van der Waals surface area (Å²) in [6.07, 6.45) is 0. The van der Waals surface area contributed by atoms with Crippen LogP contribution in [0.3, 0.4) is 0 Å². The van der Waals surface area contributed by atoms with Gasteiger partial charge in [-0.05, 0) is 92.3 Å². The van der Waals surface area contributed by atoms with Crippen LogP contribution in [0.25, 0.3) is 22.3 Å². The molecule has 0 heterocycles. The average molecular weight is 428 g/mol. The SMILES string of the molecule is CC(=O)c1cc(C)c(-c2ccc(-c3cc(C(C)=O)c(C(N)=O)cc3C)cc2)cc1C(C)=O. The zero-order chi connectivity index (χ0) is 23.7. The van der Waals surface area contributed by atoms with Gasteiger partial charge in [0.15, 0.2) is 17.3 Å². The molecule has 0 fully saturated rings. The Morgan fingerprint density at radius 1 is 0.562 bits per heavy atom. The molecule has 1 amide bonds. The van der Waals surface area contributed by atoms with Crippen molar-refractivity contribution in [2.24, 2.45) is 5.73 Å². The predicted octanol–water partition coefficient (Wildman–Crippen LogP) is 5.34. The van der Waals surface area contributed by atoms with Gasteiger partial charge in [-0.25, -0.2) is 0 Å². The van der Waals surface area contributed by atoms with Crippen LogP contribution < -0.4 is 5.73 Å². The molecule has 5 nitrogen and oxygen atoms in total. The topological polar surface area (TPSA) is 94.3 Å². The van der Waals surface area contributed by atoms with Crippen molar-refractivity contribution in [1.82, 2.24) is 0 Å². The normalized spacial score (nSPS) is 10.7. The van der Waals surface area contributed by atoms with Crippen molar-refractivity contribution in [2.75, 3.05) is 0 Å². The van der Waals surface area contributed by atoms with Crippen LogP contribution in [0.1, 0.15) is 73.3 Å². The monoisotopic (exact) mass is 427 g/mol. The van der Waals surface area contributed by atoms with Crippen LogP contribution >= 0.6 is 0 Å². The molecule has 0 aliphatic carbocycles. The fourth-order valence-electron chi connectivity index (χ4n) is 3.94. The van der Waals surface area contributed by atoms with E-state index in [9.17, 15) is 19.2 Å². The van der Waals surface area contributed by atoms with Crippen LogP contribution in [0.4, 0.5) is 0 Å². The van der Waals surface area contributed by atoms with Gasteiger partial charge >= 0.3 is 0 Å². The lowest BCUT2D eigenvalue weighted by Gasteiger charge is -2.14. The van der Waals surface area contributed by atoms with E-state index in [4.69, 9.17) is 5.73 Å². The first kappa shape index (κ1) is 22.8. The highest BCUT2D eigenvalue weighted by Crippen LogP contribution is 2.32. The molecule has 5 heteroatoms. The number of carbonyl (C=O) groups excluding carboxylic acids is 4. The number of hydrogen-bond acceptors (Lipinski definition) is 4. The van der Waals surface area contributed by atoms with Crippen molar-refractivity contribution in [3.8, 4) is 22.3 Å². The van der Waals surface area contributed by atoms with E-state index in [0.29, 0.717) is 16.7 Å². The van der Waals surface area contributed by atoms with Gasteiger partial charge in [0.1, 0.15) is 0 Å². The Morgan fingerprint density at radius 2 is 0.875 bits per heavy atom. The van der Waals surface area contributed by atoms with E-state index in [0.717, 1.165) is 33.4 Å². The first-order valence-corrected chi connectivity index (χ1v) is 10.2. The first-order chi connectivity index (χ1) is 15.0. The molecule has 3 rings (SSSR count). The van der Waals surface area contributed by atoms with Crippen LogP contribution in [0.2, 0.25) is 0 Å². The summed E-state index contributed by atoms with van der Waals surface area (Å²) in [6.45, 7) is 8.09. The van der Waals surface area contributed by atoms with Gasteiger partial charge in [0, 0.05) is 16.7 Å². The first-order valence-electron chi connectivity index (χ1n) is 10.2. The van der Waals surface area contributed by atoms with Gasteiger partial charge in [0.05, 0.1) is 5.56 Å². The quantitative estimate of drug-likeness (QED) is 0.537. The molecule has 0 bridgehead atoms. The summed E-state index contributed by atoms with van der Waals surface area (Å²) < 4.78 is 0. The lowest BCUT2D eigenvalue weighted by molar-refractivity contribution is 0.0973.